The molecule has 2 aromatic carbocycles. The van der Waals surface area contributed by atoms with Crippen LogP contribution in [0.25, 0.3) is 10.6 Å². The smallest absolute Gasteiger partial charge is 0.335 e. The van der Waals surface area contributed by atoms with E-state index in [4.69, 9.17) is 5.11 Å². The summed E-state index contributed by atoms with van der Waals surface area (Å²) in [7, 11) is 0. The predicted octanol–water partition coefficient (Wildman–Crippen LogP) is 4.38. The Bertz CT molecular complexity index is 983. The van der Waals surface area contributed by atoms with Crippen molar-refractivity contribution in [3.8, 4) is 10.6 Å². The fraction of sp³-hybridized carbons (Fsp3) is 0.158. The highest BCUT2D eigenvalue weighted by molar-refractivity contribution is 7.13. The number of carbonyl (C=O) groups is 1. The summed E-state index contributed by atoms with van der Waals surface area (Å²) in [6.07, 6.45) is 0.597. The van der Waals surface area contributed by atoms with Crippen molar-refractivity contribution < 1.29 is 14.8 Å². The normalized spacial score (nSPS) is 10.6. The molecule has 3 rings (SSSR count). The third-order valence-electron chi connectivity index (χ3n) is 3.99. The van der Waals surface area contributed by atoms with Crippen LogP contribution >= 0.6 is 11.3 Å². The first-order chi connectivity index (χ1) is 12.9. The van der Waals surface area contributed by atoms with Gasteiger partial charge in [0.25, 0.3) is 5.69 Å². The summed E-state index contributed by atoms with van der Waals surface area (Å²) in [6.45, 7) is 2.48. The summed E-state index contributed by atoms with van der Waals surface area (Å²) in [6, 6.07) is 12.0. The van der Waals surface area contributed by atoms with Gasteiger partial charge in [-0.15, -0.1) is 11.3 Å². The minimum Gasteiger partial charge on any atom is -0.478 e. The quantitative estimate of drug-likeness (QED) is 0.463. The van der Waals surface area contributed by atoms with Gasteiger partial charge in [0, 0.05) is 30.0 Å². The second kappa shape index (κ2) is 7.96. The molecule has 0 unspecified atom stereocenters. The molecule has 0 aliphatic carbocycles. The molecule has 0 amide bonds. The number of hydrogen-bond donors (Lipinski definition) is 2. The molecule has 0 saturated carbocycles. The van der Waals surface area contributed by atoms with E-state index in [9.17, 15) is 14.9 Å². The highest BCUT2D eigenvalue weighted by atomic mass is 32.1. The average Bonchev–Trinajstić information content (AvgIpc) is 3.11. The number of carboxylic acids is 1. The first kappa shape index (κ1) is 18.5. The molecule has 0 aliphatic heterocycles. The zero-order chi connectivity index (χ0) is 19.4. The van der Waals surface area contributed by atoms with Crippen molar-refractivity contribution in [2.24, 2.45) is 0 Å². The molecule has 0 radical (unpaired) electrons. The molecule has 3 aromatic rings. The van der Waals surface area contributed by atoms with Gasteiger partial charge in [-0.05, 0) is 19.1 Å². The van der Waals surface area contributed by atoms with Gasteiger partial charge in [0.15, 0.2) is 0 Å². The lowest BCUT2D eigenvalue weighted by molar-refractivity contribution is -0.384. The number of anilines is 1. The monoisotopic (exact) mass is 383 g/mol. The fourth-order valence-corrected chi connectivity index (χ4v) is 3.40. The number of aromatic nitrogens is 1. The summed E-state index contributed by atoms with van der Waals surface area (Å²) < 4.78 is 0. The molecule has 0 fully saturated rings. The maximum absolute atomic E-state index is 11.2. The highest BCUT2D eigenvalue weighted by Gasteiger charge is 2.17. The topological polar surface area (TPSA) is 105 Å². The molecule has 1 aromatic heterocycles. The number of nitro benzene ring substituents is 1. The van der Waals surface area contributed by atoms with Crippen molar-refractivity contribution in [1.29, 1.82) is 0 Å². The van der Waals surface area contributed by atoms with E-state index in [1.165, 1.54) is 17.7 Å². The Kier molecular flexibility index (Phi) is 5.46. The van der Waals surface area contributed by atoms with Gasteiger partial charge in [-0.2, -0.15) is 0 Å². The van der Waals surface area contributed by atoms with Gasteiger partial charge in [-0.1, -0.05) is 29.8 Å². The molecule has 7 nitrogen and oxygen atoms in total. The van der Waals surface area contributed by atoms with Crippen LogP contribution in [-0.4, -0.2) is 27.5 Å². The molecule has 0 bridgehead atoms. The minimum atomic E-state index is -1.20. The number of nitrogens with one attached hydrogen (secondary N) is 1. The van der Waals surface area contributed by atoms with Crippen LogP contribution in [0.3, 0.4) is 0 Å². The summed E-state index contributed by atoms with van der Waals surface area (Å²) in [5.74, 6) is -1.20. The third kappa shape index (κ3) is 4.48. The Hall–Kier alpha value is -3.26. The van der Waals surface area contributed by atoms with Crippen molar-refractivity contribution in [1.82, 2.24) is 4.98 Å². The maximum Gasteiger partial charge on any atom is 0.335 e. The molecule has 27 heavy (non-hydrogen) atoms. The molecule has 2 N–H and O–H groups in total. The number of benzene rings is 2. The molecule has 8 heteroatoms. The van der Waals surface area contributed by atoms with Crippen molar-refractivity contribution in [3.05, 3.63) is 74.8 Å². The second-order valence-corrected chi connectivity index (χ2v) is 6.84. The Morgan fingerprint density at radius 2 is 2.00 bits per heavy atom. The van der Waals surface area contributed by atoms with Crippen LogP contribution in [0.5, 0.6) is 0 Å². The van der Waals surface area contributed by atoms with E-state index in [-0.39, 0.29) is 11.3 Å². The molecule has 0 atom stereocenters. The van der Waals surface area contributed by atoms with Gasteiger partial charge in [0.05, 0.1) is 16.2 Å². The number of thiazole rings is 1. The van der Waals surface area contributed by atoms with Crippen molar-refractivity contribution in [3.63, 3.8) is 0 Å². The lowest BCUT2D eigenvalue weighted by Crippen LogP contribution is -2.08. The Morgan fingerprint density at radius 1 is 1.26 bits per heavy atom. The van der Waals surface area contributed by atoms with E-state index in [1.54, 1.807) is 11.3 Å². The summed E-state index contributed by atoms with van der Waals surface area (Å²) in [4.78, 5) is 26.2. The fourth-order valence-electron chi connectivity index (χ4n) is 2.54. The van der Waals surface area contributed by atoms with Crippen LogP contribution in [0.15, 0.2) is 47.8 Å². The van der Waals surface area contributed by atoms with Crippen LogP contribution in [0.4, 0.5) is 11.4 Å². The number of carboxylic acid groups (broad SMARTS) is 1. The standard InChI is InChI=1S/C19H17N3O4S/c1-12-2-4-13(5-3-12)18-21-15(11-27-18)8-9-20-16-7-6-14(19(23)24)10-17(16)22(25)26/h2-7,10-11,20H,8-9H2,1H3,(H,23,24). The van der Waals surface area contributed by atoms with Crippen molar-refractivity contribution >= 4 is 28.7 Å². The summed E-state index contributed by atoms with van der Waals surface area (Å²) in [5, 5.41) is 26.0. The predicted molar refractivity (Wildman–Crippen MR) is 105 cm³/mol. The maximum atomic E-state index is 11.2. The van der Waals surface area contributed by atoms with E-state index in [0.29, 0.717) is 18.7 Å². The van der Waals surface area contributed by atoms with Crippen LogP contribution in [-0.2, 0) is 6.42 Å². The number of aromatic carboxylic acids is 1. The SMILES string of the molecule is Cc1ccc(-c2nc(CCNc3ccc(C(=O)O)cc3[N+](=O)[O-])cs2)cc1. The second-order valence-electron chi connectivity index (χ2n) is 5.98. The number of nitrogens with zero attached hydrogens (tertiary/aromatic N) is 2. The van der Waals surface area contributed by atoms with Crippen molar-refractivity contribution in [2.75, 3.05) is 11.9 Å². The van der Waals surface area contributed by atoms with Gasteiger partial charge >= 0.3 is 5.97 Å². The lowest BCUT2D eigenvalue weighted by Gasteiger charge is -2.07. The average molecular weight is 383 g/mol. The number of nitro groups is 1. The van der Waals surface area contributed by atoms with E-state index in [1.807, 2.05) is 36.6 Å². The van der Waals surface area contributed by atoms with Gasteiger partial charge < -0.3 is 10.4 Å². The van der Waals surface area contributed by atoms with Crippen molar-refractivity contribution in [2.45, 2.75) is 13.3 Å². The molecule has 0 spiro atoms. The van der Waals surface area contributed by atoms with E-state index < -0.39 is 10.9 Å². The summed E-state index contributed by atoms with van der Waals surface area (Å²) >= 11 is 1.56. The largest absolute Gasteiger partial charge is 0.478 e. The lowest BCUT2D eigenvalue weighted by atomic mass is 10.1. The first-order valence-corrected chi connectivity index (χ1v) is 9.09. The number of hydrogen-bond acceptors (Lipinski definition) is 6. The van der Waals surface area contributed by atoms with Gasteiger partial charge in [-0.25, -0.2) is 9.78 Å². The van der Waals surface area contributed by atoms with E-state index >= 15 is 0 Å². The first-order valence-electron chi connectivity index (χ1n) is 8.21. The van der Waals surface area contributed by atoms with Crippen LogP contribution in [0.2, 0.25) is 0 Å². The Labute approximate surface area is 159 Å². The zero-order valence-electron chi connectivity index (χ0n) is 14.5. The van der Waals surface area contributed by atoms with Crippen LogP contribution in [0.1, 0.15) is 21.6 Å². The zero-order valence-corrected chi connectivity index (χ0v) is 15.3. The van der Waals surface area contributed by atoms with Gasteiger partial charge in [0.1, 0.15) is 10.7 Å². The molecular weight excluding hydrogens is 366 g/mol. The van der Waals surface area contributed by atoms with Gasteiger partial charge in [-0.3, -0.25) is 10.1 Å². The van der Waals surface area contributed by atoms with Gasteiger partial charge in [0.2, 0.25) is 0 Å². The molecular formula is C19H17N3O4S. The van der Waals surface area contributed by atoms with E-state index in [0.717, 1.165) is 22.3 Å². The van der Waals surface area contributed by atoms with E-state index in [2.05, 4.69) is 10.3 Å². The number of rotatable bonds is 7. The molecule has 1 heterocycles. The Balaban J connectivity index is 1.66. The van der Waals surface area contributed by atoms with Crippen LogP contribution < -0.4 is 5.32 Å². The minimum absolute atomic E-state index is 0.116. The van der Waals surface area contributed by atoms with Crippen LogP contribution in [0, 0.1) is 17.0 Å². The molecule has 138 valence electrons. The highest BCUT2D eigenvalue weighted by Crippen LogP contribution is 2.27. The number of aryl methyl sites for hydroxylation is 1. The summed E-state index contributed by atoms with van der Waals surface area (Å²) in [5.41, 5.74) is 3.06. The molecule has 0 aliphatic rings. The molecule has 0 saturated heterocycles. The third-order valence-corrected chi connectivity index (χ3v) is 4.93. The Morgan fingerprint density at radius 3 is 2.67 bits per heavy atom.